The molecule has 0 atom stereocenters. The maximum absolute atomic E-state index is 12.8. The van der Waals surface area contributed by atoms with Crippen molar-refractivity contribution in [2.75, 3.05) is 27.8 Å². The Labute approximate surface area is 191 Å². The smallest absolute Gasteiger partial charge is 0.340 e. The summed E-state index contributed by atoms with van der Waals surface area (Å²) < 4.78 is 37.5. The van der Waals surface area contributed by atoms with Gasteiger partial charge in [0, 0.05) is 19.5 Å². The highest BCUT2D eigenvalue weighted by Gasteiger charge is 2.27. The third-order valence-corrected chi connectivity index (χ3v) is 7.06. The fourth-order valence-electron chi connectivity index (χ4n) is 3.57. The summed E-state index contributed by atoms with van der Waals surface area (Å²) in [6.07, 6.45) is 0. The van der Waals surface area contributed by atoms with Gasteiger partial charge in [0.05, 0.1) is 30.3 Å². The van der Waals surface area contributed by atoms with Crippen molar-refractivity contribution in [2.24, 2.45) is 0 Å². The van der Waals surface area contributed by atoms with Crippen LogP contribution in [-0.4, -0.2) is 61.5 Å². The standard InChI is InChI=1S/C23H24N4O5S/c1-6-32-21-18(33(29,30)27(3)4)10-9-17-20(21)26-22(25-17)19-15(23(28)31-5)12-14-11-13(2)7-8-16(14)24-19/h7-12H,6H2,1-5H3,(H,25,26). The van der Waals surface area contributed by atoms with Crippen molar-refractivity contribution in [3.63, 3.8) is 0 Å². The van der Waals surface area contributed by atoms with Crippen molar-refractivity contribution in [3.8, 4) is 17.3 Å². The molecule has 1 N–H and O–H groups in total. The zero-order chi connectivity index (χ0) is 23.9. The van der Waals surface area contributed by atoms with Crippen LogP contribution in [0.2, 0.25) is 0 Å². The van der Waals surface area contributed by atoms with Gasteiger partial charge < -0.3 is 14.5 Å². The van der Waals surface area contributed by atoms with Crippen LogP contribution < -0.4 is 4.74 Å². The number of benzene rings is 2. The maximum Gasteiger partial charge on any atom is 0.340 e. The Morgan fingerprint density at radius 2 is 1.88 bits per heavy atom. The van der Waals surface area contributed by atoms with Crippen LogP contribution in [0.4, 0.5) is 0 Å². The van der Waals surface area contributed by atoms with Gasteiger partial charge in [0.1, 0.15) is 16.1 Å². The van der Waals surface area contributed by atoms with Gasteiger partial charge >= 0.3 is 5.97 Å². The number of hydrogen-bond donors (Lipinski definition) is 1. The van der Waals surface area contributed by atoms with Crippen LogP contribution in [0.1, 0.15) is 22.8 Å². The molecule has 0 saturated heterocycles. The monoisotopic (exact) mass is 468 g/mol. The number of aromatic amines is 1. The first kappa shape index (κ1) is 22.7. The van der Waals surface area contributed by atoms with Crippen LogP contribution in [0, 0.1) is 6.92 Å². The zero-order valence-electron chi connectivity index (χ0n) is 19.0. The van der Waals surface area contributed by atoms with E-state index >= 15 is 0 Å². The number of pyridine rings is 1. The van der Waals surface area contributed by atoms with E-state index in [-0.39, 0.29) is 22.8 Å². The molecule has 0 fully saturated rings. The third kappa shape index (κ3) is 3.91. The molecule has 2 heterocycles. The number of esters is 1. The van der Waals surface area contributed by atoms with Crippen LogP contribution in [0.25, 0.3) is 33.5 Å². The number of H-pyrrole nitrogens is 1. The average molecular weight is 469 g/mol. The van der Waals surface area contributed by atoms with Crippen molar-refractivity contribution in [2.45, 2.75) is 18.7 Å². The van der Waals surface area contributed by atoms with E-state index in [2.05, 4.69) is 15.0 Å². The van der Waals surface area contributed by atoms with Gasteiger partial charge in [-0.2, -0.15) is 0 Å². The van der Waals surface area contributed by atoms with E-state index in [9.17, 15) is 13.2 Å². The molecule has 0 unspecified atom stereocenters. The number of nitrogens with one attached hydrogen (secondary N) is 1. The number of rotatable bonds is 6. The molecule has 0 saturated carbocycles. The summed E-state index contributed by atoms with van der Waals surface area (Å²) in [5.74, 6) is -0.113. The van der Waals surface area contributed by atoms with Gasteiger partial charge in [-0.15, -0.1) is 0 Å². The molecule has 172 valence electrons. The van der Waals surface area contributed by atoms with E-state index in [0.29, 0.717) is 28.1 Å². The van der Waals surface area contributed by atoms with Crippen molar-refractivity contribution < 1.29 is 22.7 Å². The predicted octanol–water partition coefficient (Wildman–Crippen LogP) is 3.52. The van der Waals surface area contributed by atoms with Gasteiger partial charge in [-0.25, -0.2) is 27.5 Å². The molecule has 9 nitrogen and oxygen atoms in total. The lowest BCUT2D eigenvalue weighted by atomic mass is 10.1. The number of methoxy groups -OCH3 is 1. The van der Waals surface area contributed by atoms with E-state index in [1.165, 1.54) is 27.3 Å². The summed E-state index contributed by atoms with van der Waals surface area (Å²) in [7, 11) is 0.438. The summed E-state index contributed by atoms with van der Waals surface area (Å²) in [5.41, 5.74) is 3.14. The Morgan fingerprint density at radius 3 is 2.55 bits per heavy atom. The van der Waals surface area contributed by atoms with E-state index in [1.54, 1.807) is 19.1 Å². The van der Waals surface area contributed by atoms with E-state index in [4.69, 9.17) is 9.47 Å². The first-order valence-electron chi connectivity index (χ1n) is 10.3. The Hall–Kier alpha value is -3.50. The summed E-state index contributed by atoms with van der Waals surface area (Å²) in [6, 6.07) is 10.5. The first-order valence-corrected chi connectivity index (χ1v) is 11.7. The lowest BCUT2D eigenvalue weighted by Gasteiger charge is -2.15. The molecule has 0 bridgehead atoms. The van der Waals surface area contributed by atoms with Gasteiger partial charge in [-0.1, -0.05) is 11.6 Å². The van der Waals surface area contributed by atoms with E-state index in [1.807, 2.05) is 25.1 Å². The van der Waals surface area contributed by atoms with E-state index < -0.39 is 16.0 Å². The molecule has 0 radical (unpaired) electrons. The highest BCUT2D eigenvalue weighted by atomic mass is 32.2. The lowest BCUT2D eigenvalue weighted by Crippen LogP contribution is -2.23. The Balaban J connectivity index is 2.00. The minimum Gasteiger partial charge on any atom is -0.490 e. The lowest BCUT2D eigenvalue weighted by molar-refractivity contribution is 0.0601. The number of carbonyl (C=O) groups is 1. The molecule has 10 heteroatoms. The van der Waals surface area contributed by atoms with E-state index in [0.717, 1.165) is 15.3 Å². The number of aryl methyl sites for hydroxylation is 1. The molecule has 0 amide bonds. The Kier molecular flexibility index (Phi) is 5.81. The maximum atomic E-state index is 12.8. The topological polar surface area (TPSA) is 114 Å². The molecular weight excluding hydrogens is 444 g/mol. The summed E-state index contributed by atoms with van der Waals surface area (Å²) in [5, 5.41) is 0.796. The predicted molar refractivity (Wildman–Crippen MR) is 125 cm³/mol. The fourth-order valence-corrected chi connectivity index (χ4v) is 4.59. The Morgan fingerprint density at radius 1 is 1.12 bits per heavy atom. The SMILES string of the molecule is CCOc1c(S(=O)(=O)N(C)C)ccc2[nH]c(-c3nc4ccc(C)cc4cc3C(=O)OC)nc12. The molecule has 0 aliphatic rings. The number of sulfonamides is 1. The largest absolute Gasteiger partial charge is 0.490 e. The second-order valence-corrected chi connectivity index (χ2v) is 9.79. The van der Waals surface area contributed by atoms with Gasteiger partial charge in [0.2, 0.25) is 10.0 Å². The molecular formula is C23H24N4O5S. The van der Waals surface area contributed by atoms with Gasteiger partial charge in [0.15, 0.2) is 11.6 Å². The van der Waals surface area contributed by atoms with Gasteiger partial charge in [-0.3, -0.25) is 0 Å². The number of imidazole rings is 1. The first-order chi connectivity index (χ1) is 15.7. The van der Waals surface area contributed by atoms with Crippen LogP contribution in [0.15, 0.2) is 41.3 Å². The number of aromatic nitrogens is 3. The summed E-state index contributed by atoms with van der Waals surface area (Å²) in [6.45, 7) is 3.97. The molecule has 0 aliphatic carbocycles. The minimum atomic E-state index is -3.77. The van der Waals surface area contributed by atoms with Crippen molar-refractivity contribution in [1.82, 2.24) is 19.3 Å². The molecule has 33 heavy (non-hydrogen) atoms. The minimum absolute atomic E-state index is 0.00929. The third-order valence-electron chi connectivity index (χ3n) is 5.22. The quantitative estimate of drug-likeness (QED) is 0.431. The molecule has 0 aliphatic heterocycles. The highest BCUT2D eigenvalue weighted by Crippen LogP contribution is 2.35. The number of carbonyl (C=O) groups excluding carboxylic acids is 1. The zero-order valence-corrected chi connectivity index (χ0v) is 19.8. The molecule has 0 spiro atoms. The van der Waals surface area contributed by atoms with Gasteiger partial charge in [0.25, 0.3) is 0 Å². The Bertz CT molecular complexity index is 1490. The number of fused-ring (bicyclic) bond motifs is 2. The van der Waals surface area contributed by atoms with Crippen molar-refractivity contribution >= 4 is 37.9 Å². The second-order valence-electron chi connectivity index (χ2n) is 7.67. The summed E-state index contributed by atoms with van der Waals surface area (Å²) >= 11 is 0. The number of ether oxygens (including phenoxy) is 2. The number of hydrogen-bond acceptors (Lipinski definition) is 7. The normalized spacial score (nSPS) is 11.9. The van der Waals surface area contributed by atoms with Crippen LogP contribution in [0.3, 0.4) is 0 Å². The van der Waals surface area contributed by atoms with Crippen molar-refractivity contribution in [3.05, 3.63) is 47.5 Å². The highest BCUT2D eigenvalue weighted by molar-refractivity contribution is 7.89. The molecule has 4 aromatic rings. The molecule has 2 aromatic carbocycles. The molecule has 4 rings (SSSR count). The van der Waals surface area contributed by atoms with Crippen LogP contribution in [0.5, 0.6) is 5.75 Å². The van der Waals surface area contributed by atoms with Crippen LogP contribution in [-0.2, 0) is 14.8 Å². The van der Waals surface area contributed by atoms with Gasteiger partial charge in [-0.05, 0) is 44.2 Å². The summed E-state index contributed by atoms with van der Waals surface area (Å²) in [4.78, 5) is 25.0. The van der Waals surface area contributed by atoms with Crippen molar-refractivity contribution in [1.29, 1.82) is 0 Å². The fraction of sp³-hybridized carbons (Fsp3) is 0.261. The average Bonchev–Trinajstić information content (AvgIpc) is 3.22. The molecule has 2 aromatic heterocycles. The van der Waals surface area contributed by atoms with Crippen LogP contribution >= 0.6 is 0 Å². The number of nitrogens with zero attached hydrogens (tertiary/aromatic N) is 3. The second kappa shape index (κ2) is 8.45.